The smallest absolute Gasteiger partial charge is 0.246 e. The number of hydrogen-bond acceptors (Lipinski definition) is 5. The Balaban J connectivity index is 2.36. The van der Waals surface area contributed by atoms with Gasteiger partial charge in [0.1, 0.15) is 10.6 Å². The molecule has 0 unspecified atom stereocenters. The second-order valence-corrected chi connectivity index (χ2v) is 9.38. The summed E-state index contributed by atoms with van der Waals surface area (Å²) in [5, 5.41) is 0. The largest absolute Gasteiger partial charge is 0.495 e. The highest BCUT2D eigenvalue weighted by molar-refractivity contribution is 8.00. The molecule has 0 amide bonds. The average Bonchev–Trinajstić information content (AvgIpc) is 2.60. The Morgan fingerprint density at radius 2 is 2.05 bits per heavy atom. The van der Waals surface area contributed by atoms with E-state index in [1.807, 2.05) is 11.8 Å². The van der Waals surface area contributed by atoms with E-state index in [1.165, 1.54) is 17.5 Å². The zero-order chi connectivity index (χ0) is 15.7. The Kier molecular flexibility index (Phi) is 4.75. The van der Waals surface area contributed by atoms with E-state index in [0.29, 0.717) is 24.5 Å². The van der Waals surface area contributed by atoms with Gasteiger partial charge >= 0.3 is 0 Å². The van der Waals surface area contributed by atoms with E-state index in [-0.39, 0.29) is 9.64 Å². The number of thioether (sulfide) groups is 1. The second kappa shape index (κ2) is 6.06. The summed E-state index contributed by atoms with van der Waals surface area (Å²) in [7, 11) is -2.12. The van der Waals surface area contributed by atoms with E-state index in [9.17, 15) is 8.42 Å². The molecule has 5 nitrogen and oxygen atoms in total. The molecular formula is C14H22N2O3S2. The van der Waals surface area contributed by atoms with Crippen molar-refractivity contribution >= 4 is 27.5 Å². The standard InChI is InChI=1S/C14H22N2O3S2/c1-14(2)6-7-16(8-9-20-14)21(17,18)13-10-11(15)4-5-12(13)19-3/h4-5,10H,6-9,15H2,1-3H3. The summed E-state index contributed by atoms with van der Waals surface area (Å²) in [6.07, 6.45) is 0.821. The maximum Gasteiger partial charge on any atom is 0.246 e. The van der Waals surface area contributed by atoms with Crippen LogP contribution in [0.2, 0.25) is 0 Å². The molecule has 1 aromatic carbocycles. The number of nitrogen functional groups attached to an aromatic ring is 1. The normalized spacial score (nSPS) is 20.0. The number of nitrogens with zero attached hydrogens (tertiary/aromatic N) is 1. The van der Waals surface area contributed by atoms with E-state index in [1.54, 1.807) is 12.1 Å². The third kappa shape index (κ3) is 3.64. The zero-order valence-corrected chi connectivity index (χ0v) is 14.3. The summed E-state index contributed by atoms with van der Waals surface area (Å²) in [5.41, 5.74) is 6.16. The Morgan fingerprint density at radius 1 is 1.33 bits per heavy atom. The summed E-state index contributed by atoms with van der Waals surface area (Å²) in [4.78, 5) is 0.148. The maximum atomic E-state index is 12.9. The van der Waals surface area contributed by atoms with Crippen LogP contribution in [-0.4, -0.2) is 43.4 Å². The molecule has 1 fully saturated rings. The van der Waals surface area contributed by atoms with Crippen molar-refractivity contribution in [2.45, 2.75) is 29.9 Å². The molecule has 1 heterocycles. The van der Waals surface area contributed by atoms with Gasteiger partial charge < -0.3 is 10.5 Å². The molecule has 1 aromatic rings. The van der Waals surface area contributed by atoms with E-state index in [2.05, 4.69) is 13.8 Å². The van der Waals surface area contributed by atoms with Gasteiger partial charge in [0.2, 0.25) is 10.0 Å². The fourth-order valence-electron chi connectivity index (χ4n) is 2.28. The lowest BCUT2D eigenvalue weighted by atomic mass is 10.1. The van der Waals surface area contributed by atoms with Crippen molar-refractivity contribution in [3.8, 4) is 5.75 Å². The third-order valence-corrected chi connectivity index (χ3v) is 6.89. The highest BCUT2D eigenvalue weighted by Crippen LogP contribution is 2.34. The fraction of sp³-hybridized carbons (Fsp3) is 0.571. The molecule has 0 radical (unpaired) electrons. The summed E-state index contributed by atoms with van der Waals surface area (Å²) < 4.78 is 32.5. The first kappa shape index (κ1) is 16.5. The topological polar surface area (TPSA) is 72.6 Å². The molecule has 0 atom stereocenters. The van der Waals surface area contributed by atoms with Gasteiger partial charge in [-0.1, -0.05) is 13.8 Å². The van der Waals surface area contributed by atoms with Gasteiger partial charge in [-0.15, -0.1) is 0 Å². The van der Waals surface area contributed by atoms with Crippen LogP contribution < -0.4 is 10.5 Å². The number of rotatable bonds is 3. The fourth-order valence-corrected chi connectivity index (χ4v) is 5.12. The summed E-state index contributed by atoms with van der Waals surface area (Å²) >= 11 is 1.81. The Morgan fingerprint density at radius 3 is 2.71 bits per heavy atom. The number of sulfonamides is 1. The van der Waals surface area contributed by atoms with Crippen LogP contribution in [0.3, 0.4) is 0 Å². The molecule has 1 aliphatic rings. The summed E-state index contributed by atoms with van der Waals surface area (Å²) in [5.74, 6) is 1.12. The Bertz CT molecular complexity index is 615. The first-order chi connectivity index (χ1) is 9.76. The van der Waals surface area contributed by atoms with Gasteiger partial charge in [0.15, 0.2) is 0 Å². The average molecular weight is 330 g/mol. The molecule has 0 bridgehead atoms. The van der Waals surface area contributed by atoms with Gasteiger partial charge in [0.25, 0.3) is 0 Å². The monoisotopic (exact) mass is 330 g/mol. The number of methoxy groups -OCH3 is 1. The summed E-state index contributed by atoms with van der Waals surface area (Å²) in [6.45, 7) is 5.32. The van der Waals surface area contributed by atoms with Crippen molar-refractivity contribution in [1.29, 1.82) is 0 Å². The molecular weight excluding hydrogens is 308 g/mol. The van der Waals surface area contributed by atoms with Gasteiger partial charge in [-0.25, -0.2) is 8.42 Å². The SMILES string of the molecule is COc1ccc(N)cc1S(=O)(=O)N1CCSC(C)(C)CC1. The third-order valence-electron chi connectivity index (χ3n) is 3.60. The van der Waals surface area contributed by atoms with Crippen LogP contribution in [0.15, 0.2) is 23.1 Å². The first-order valence-corrected chi connectivity index (χ1v) is 9.26. The van der Waals surface area contributed by atoms with Crippen molar-refractivity contribution in [2.75, 3.05) is 31.7 Å². The maximum absolute atomic E-state index is 12.9. The predicted octanol–water partition coefficient (Wildman–Crippen LogP) is 2.18. The first-order valence-electron chi connectivity index (χ1n) is 6.84. The molecule has 0 saturated carbocycles. The van der Waals surface area contributed by atoms with Crippen molar-refractivity contribution in [1.82, 2.24) is 4.31 Å². The van der Waals surface area contributed by atoms with Crippen LogP contribution in [0, 0.1) is 0 Å². The molecule has 0 aliphatic carbocycles. The molecule has 21 heavy (non-hydrogen) atoms. The zero-order valence-electron chi connectivity index (χ0n) is 12.6. The Hall–Kier alpha value is -0.920. The van der Waals surface area contributed by atoms with Crippen LogP contribution in [0.1, 0.15) is 20.3 Å². The van der Waals surface area contributed by atoms with Crippen LogP contribution in [0.5, 0.6) is 5.75 Å². The highest BCUT2D eigenvalue weighted by atomic mass is 32.2. The Labute approximate surface area is 130 Å². The number of benzene rings is 1. The number of hydrogen-bond donors (Lipinski definition) is 1. The van der Waals surface area contributed by atoms with Gasteiger partial charge in [0, 0.05) is 29.3 Å². The van der Waals surface area contributed by atoms with Gasteiger partial charge in [-0.2, -0.15) is 16.1 Å². The van der Waals surface area contributed by atoms with E-state index in [4.69, 9.17) is 10.5 Å². The minimum atomic E-state index is -3.59. The van der Waals surface area contributed by atoms with Crippen molar-refractivity contribution in [3.05, 3.63) is 18.2 Å². The molecule has 7 heteroatoms. The minimum absolute atomic E-state index is 0.101. The van der Waals surface area contributed by atoms with Crippen molar-refractivity contribution < 1.29 is 13.2 Å². The number of ether oxygens (including phenoxy) is 1. The molecule has 2 rings (SSSR count). The van der Waals surface area contributed by atoms with E-state index >= 15 is 0 Å². The summed E-state index contributed by atoms with van der Waals surface area (Å²) in [6, 6.07) is 4.70. The molecule has 1 saturated heterocycles. The van der Waals surface area contributed by atoms with Crippen molar-refractivity contribution in [2.24, 2.45) is 0 Å². The quantitative estimate of drug-likeness (QED) is 0.860. The van der Waals surface area contributed by atoms with Crippen LogP contribution in [0.25, 0.3) is 0 Å². The molecule has 0 spiro atoms. The minimum Gasteiger partial charge on any atom is -0.495 e. The van der Waals surface area contributed by atoms with Crippen molar-refractivity contribution in [3.63, 3.8) is 0 Å². The second-order valence-electron chi connectivity index (χ2n) is 5.67. The van der Waals surface area contributed by atoms with Gasteiger partial charge in [-0.3, -0.25) is 0 Å². The lowest BCUT2D eigenvalue weighted by molar-refractivity contribution is 0.390. The molecule has 2 N–H and O–H groups in total. The predicted molar refractivity (Wildman–Crippen MR) is 87.3 cm³/mol. The van der Waals surface area contributed by atoms with Crippen LogP contribution in [0.4, 0.5) is 5.69 Å². The number of anilines is 1. The molecule has 0 aromatic heterocycles. The van der Waals surface area contributed by atoms with Crippen LogP contribution >= 0.6 is 11.8 Å². The lowest BCUT2D eigenvalue weighted by Crippen LogP contribution is -2.34. The highest BCUT2D eigenvalue weighted by Gasteiger charge is 2.32. The van der Waals surface area contributed by atoms with Crippen LogP contribution in [-0.2, 0) is 10.0 Å². The van der Waals surface area contributed by atoms with Gasteiger partial charge in [-0.05, 0) is 24.6 Å². The molecule has 118 valence electrons. The lowest BCUT2D eigenvalue weighted by Gasteiger charge is -2.23. The van der Waals surface area contributed by atoms with E-state index in [0.717, 1.165) is 12.2 Å². The molecule has 1 aliphatic heterocycles. The van der Waals surface area contributed by atoms with E-state index < -0.39 is 10.0 Å². The van der Waals surface area contributed by atoms with Gasteiger partial charge in [0.05, 0.1) is 7.11 Å². The number of nitrogens with two attached hydrogens (primary N) is 1.